The number of aliphatic hydroxyl groups is 1. The molecule has 9 nitrogen and oxygen atoms in total. The molecule has 0 fully saturated rings. The van der Waals surface area contributed by atoms with E-state index in [1.807, 2.05) is 0 Å². The van der Waals surface area contributed by atoms with Gasteiger partial charge in [0.05, 0.1) is 49.9 Å². The van der Waals surface area contributed by atoms with Crippen LogP contribution in [0.5, 0.6) is 11.6 Å². The zero-order valence-corrected chi connectivity index (χ0v) is 17.3. The second kappa shape index (κ2) is 7.42. The van der Waals surface area contributed by atoms with Gasteiger partial charge < -0.3 is 14.6 Å². The summed E-state index contributed by atoms with van der Waals surface area (Å²) in [6, 6.07) is 7.11. The van der Waals surface area contributed by atoms with Gasteiger partial charge >= 0.3 is 0 Å². The molecular formula is C21H23N5O4. The Labute approximate surface area is 173 Å². The molecule has 0 atom stereocenters. The predicted octanol–water partition coefficient (Wildman–Crippen LogP) is 2.29. The third-order valence-corrected chi connectivity index (χ3v) is 4.74. The average Bonchev–Trinajstić information content (AvgIpc) is 3.29. The van der Waals surface area contributed by atoms with E-state index < -0.39 is 5.60 Å². The minimum atomic E-state index is -0.898. The second-order valence-electron chi connectivity index (χ2n) is 7.70. The fourth-order valence-corrected chi connectivity index (χ4v) is 3.38. The second-order valence-corrected chi connectivity index (χ2v) is 7.70. The molecule has 0 aliphatic carbocycles. The maximum atomic E-state index is 12.9. The molecular weight excluding hydrogens is 386 g/mol. The molecule has 1 amide bonds. The minimum absolute atomic E-state index is 0.150. The van der Waals surface area contributed by atoms with Gasteiger partial charge in [0.1, 0.15) is 0 Å². The normalized spacial score (nSPS) is 13.5. The number of aromatic nitrogens is 4. The van der Waals surface area contributed by atoms with Gasteiger partial charge in [-0.25, -0.2) is 4.98 Å². The predicted molar refractivity (Wildman–Crippen MR) is 110 cm³/mol. The van der Waals surface area contributed by atoms with Crippen molar-refractivity contribution in [1.82, 2.24) is 19.7 Å². The van der Waals surface area contributed by atoms with Crippen molar-refractivity contribution >= 4 is 11.7 Å². The lowest BCUT2D eigenvalue weighted by Crippen LogP contribution is -2.27. The zero-order chi connectivity index (χ0) is 21.5. The Hall–Kier alpha value is -3.46. The molecule has 1 aliphatic heterocycles. The largest absolute Gasteiger partial charge is 0.491 e. The van der Waals surface area contributed by atoms with Crippen molar-refractivity contribution in [3.8, 4) is 22.9 Å². The number of methoxy groups -OCH3 is 2. The van der Waals surface area contributed by atoms with Crippen molar-refractivity contribution in [2.24, 2.45) is 0 Å². The summed E-state index contributed by atoms with van der Waals surface area (Å²) < 4.78 is 12.1. The number of rotatable bonds is 6. The van der Waals surface area contributed by atoms with E-state index in [2.05, 4.69) is 15.1 Å². The summed E-state index contributed by atoms with van der Waals surface area (Å²) in [5.41, 5.74) is 1.76. The fraction of sp³-hybridized carbons (Fsp3) is 0.333. The molecule has 156 valence electrons. The van der Waals surface area contributed by atoms with E-state index in [4.69, 9.17) is 9.47 Å². The first-order valence-electron chi connectivity index (χ1n) is 9.45. The molecule has 0 spiro atoms. The van der Waals surface area contributed by atoms with Crippen LogP contribution in [0.2, 0.25) is 0 Å². The van der Waals surface area contributed by atoms with Crippen molar-refractivity contribution in [3.05, 3.63) is 47.9 Å². The Morgan fingerprint density at radius 2 is 2.00 bits per heavy atom. The number of ether oxygens (including phenoxy) is 2. The third-order valence-electron chi connectivity index (χ3n) is 4.74. The molecule has 0 bridgehead atoms. The van der Waals surface area contributed by atoms with Crippen molar-refractivity contribution in [2.75, 3.05) is 19.1 Å². The molecule has 1 aliphatic rings. The number of hydrogen-bond acceptors (Lipinski definition) is 7. The highest BCUT2D eigenvalue weighted by molar-refractivity contribution is 6.09. The highest BCUT2D eigenvalue weighted by Crippen LogP contribution is 2.32. The number of anilines is 1. The molecule has 0 saturated carbocycles. The van der Waals surface area contributed by atoms with Gasteiger partial charge in [-0.2, -0.15) is 5.10 Å². The number of pyridine rings is 2. The molecule has 0 radical (unpaired) electrons. The molecule has 3 aromatic rings. The Bertz CT molecular complexity index is 1100. The summed E-state index contributed by atoms with van der Waals surface area (Å²) in [5, 5.41) is 14.4. The van der Waals surface area contributed by atoms with Crippen LogP contribution in [0.4, 0.5) is 5.82 Å². The van der Waals surface area contributed by atoms with Crippen LogP contribution in [0.3, 0.4) is 0 Å². The summed E-state index contributed by atoms with van der Waals surface area (Å²) in [4.78, 5) is 23.4. The summed E-state index contributed by atoms with van der Waals surface area (Å²) in [6.07, 6.45) is 3.40. The number of hydrogen-bond donors (Lipinski definition) is 1. The number of amides is 1. The molecule has 3 aromatic heterocycles. The highest BCUT2D eigenvalue weighted by Gasteiger charge is 2.31. The lowest BCUT2D eigenvalue weighted by Gasteiger charge is -2.17. The van der Waals surface area contributed by atoms with Crippen LogP contribution in [-0.2, 0) is 13.1 Å². The van der Waals surface area contributed by atoms with E-state index in [0.717, 1.165) is 5.56 Å². The van der Waals surface area contributed by atoms with E-state index in [0.29, 0.717) is 47.5 Å². The first-order valence-corrected chi connectivity index (χ1v) is 9.45. The zero-order valence-electron chi connectivity index (χ0n) is 17.3. The number of carbonyl (C=O) groups is 1. The summed E-state index contributed by atoms with van der Waals surface area (Å²) in [7, 11) is 3.08. The van der Waals surface area contributed by atoms with Gasteiger partial charge in [-0.1, -0.05) is 0 Å². The van der Waals surface area contributed by atoms with Crippen LogP contribution < -0.4 is 14.4 Å². The third kappa shape index (κ3) is 3.71. The summed E-state index contributed by atoms with van der Waals surface area (Å²) in [5.74, 6) is 1.28. The highest BCUT2D eigenvalue weighted by atomic mass is 16.5. The Balaban J connectivity index is 1.60. The van der Waals surface area contributed by atoms with Crippen LogP contribution in [0, 0.1) is 0 Å². The fourth-order valence-electron chi connectivity index (χ4n) is 3.38. The van der Waals surface area contributed by atoms with Gasteiger partial charge in [0, 0.05) is 24.0 Å². The molecule has 0 aromatic carbocycles. The average molecular weight is 409 g/mol. The molecule has 1 N–H and O–H groups in total. The van der Waals surface area contributed by atoms with Crippen LogP contribution >= 0.6 is 0 Å². The van der Waals surface area contributed by atoms with Crippen molar-refractivity contribution in [1.29, 1.82) is 0 Å². The SMILES string of the molecule is COc1cc(-c2ccc3c(n2)CN(c2ccn(CC(C)(C)O)n2)C3=O)cnc1OC. The van der Waals surface area contributed by atoms with Gasteiger partial charge in [0.15, 0.2) is 11.6 Å². The van der Waals surface area contributed by atoms with E-state index in [-0.39, 0.29) is 5.91 Å². The van der Waals surface area contributed by atoms with E-state index in [1.165, 1.54) is 7.11 Å². The van der Waals surface area contributed by atoms with Crippen molar-refractivity contribution < 1.29 is 19.4 Å². The number of nitrogens with zero attached hydrogens (tertiary/aromatic N) is 5. The maximum absolute atomic E-state index is 12.9. The summed E-state index contributed by atoms with van der Waals surface area (Å²) >= 11 is 0. The maximum Gasteiger partial charge on any atom is 0.261 e. The molecule has 0 saturated heterocycles. The van der Waals surface area contributed by atoms with Gasteiger partial charge in [0.25, 0.3) is 11.8 Å². The minimum Gasteiger partial charge on any atom is -0.491 e. The first-order chi connectivity index (χ1) is 14.3. The number of fused-ring (bicyclic) bond motifs is 1. The van der Waals surface area contributed by atoms with Gasteiger partial charge in [-0.15, -0.1) is 0 Å². The lowest BCUT2D eigenvalue weighted by atomic mass is 10.1. The van der Waals surface area contributed by atoms with E-state index in [9.17, 15) is 9.90 Å². The monoisotopic (exact) mass is 409 g/mol. The lowest BCUT2D eigenvalue weighted by molar-refractivity contribution is 0.0578. The summed E-state index contributed by atoms with van der Waals surface area (Å²) in [6.45, 7) is 4.07. The molecule has 4 rings (SSSR count). The number of carbonyl (C=O) groups excluding carboxylic acids is 1. The van der Waals surface area contributed by atoms with Gasteiger partial charge in [0.2, 0.25) is 0 Å². The molecule has 30 heavy (non-hydrogen) atoms. The smallest absolute Gasteiger partial charge is 0.261 e. The van der Waals surface area contributed by atoms with Gasteiger partial charge in [-0.3, -0.25) is 19.4 Å². The molecule has 0 unspecified atom stereocenters. The molecule has 9 heteroatoms. The van der Waals surface area contributed by atoms with Crippen LogP contribution in [-0.4, -0.2) is 50.6 Å². The molecule has 4 heterocycles. The quantitative estimate of drug-likeness (QED) is 0.666. The van der Waals surface area contributed by atoms with E-state index in [1.54, 1.807) is 67.2 Å². The van der Waals surface area contributed by atoms with Crippen molar-refractivity contribution in [2.45, 2.75) is 32.5 Å². The Kier molecular flexibility index (Phi) is 4.90. The van der Waals surface area contributed by atoms with Crippen molar-refractivity contribution in [3.63, 3.8) is 0 Å². The van der Waals surface area contributed by atoms with Crippen LogP contribution in [0.25, 0.3) is 11.3 Å². The first kappa shape index (κ1) is 19.8. The Morgan fingerprint density at radius 1 is 1.20 bits per heavy atom. The van der Waals surface area contributed by atoms with Crippen LogP contribution in [0.15, 0.2) is 36.7 Å². The van der Waals surface area contributed by atoms with Gasteiger partial charge in [-0.05, 0) is 32.0 Å². The Morgan fingerprint density at radius 3 is 2.70 bits per heavy atom. The van der Waals surface area contributed by atoms with Crippen LogP contribution in [0.1, 0.15) is 29.9 Å². The topological polar surface area (TPSA) is 103 Å². The van der Waals surface area contributed by atoms with E-state index >= 15 is 0 Å². The standard InChI is InChI=1S/C21H23N5O4/c1-21(2,28)12-25-8-7-18(24-25)26-11-16-14(20(26)27)5-6-15(23-16)13-9-17(29-3)19(30-4)22-10-13/h5-10,28H,11-12H2,1-4H3.